The van der Waals surface area contributed by atoms with Crippen LogP contribution in [0, 0.1) is 5.82 Å². The van der Waals surface area contributed by atoms with Gasteiger partial charge in [0.2, 0.25) is 0 Å². The van der Waals surface area contributed by atoms with Gasteiger partial charge < -0.3 is 14.8 Å². The van der Waals surface area contributed by atoms with E-state index in [9.17, 15) is 4.39 Å². The molecule has 0 aliphatic carbocycles. The van der Waals surface area contributed by atoms with Gasteiger partial charge >= 0.3 is 0 Å². The number of benzene rings is 1. The lowest BCUT2D eigenvalue weighted by molar-refractivity contribution is 0.556. The summed E-state index contributed by atoms with van der Waals surface area (Å²) in [6, 6.07) is 5.29. The van der Waals surface area contributed by atoms with Crippen molar-refractivity contribution in [1.82, 2.24) is 14.9 Å². The Morgan fingerprint density at radius 3 is 3.05 bits per heavy atom. The molecule has 2 aromatic rings. The second-order valence-corrected chi connectivity index (χ2v) is 5.45. The van der Waals surface area contributed by atoms with Gasteiger partial charge in [0.05, 0.1) is 6.54 Å². The first kappa shape index (κ1) is 14.1. The fourth-order valence-electron chi connectivity index (χ4n) is 2.72. The van der Waals surface area contributed by atoms with E-state index in [0.717, 1.165) is 49.7 Å². The lowest BCUT2D eigenvalue weighted by Crippen LogP contribution is -2.33. The minimum atomic E-state index is -0.172. The summed E-state index contributed by atoms with van der Waals surface area (Å²) in [6.45, 7) is 6.30. The summed E-state index contributed by atoms with van der Waals surface area (Å²) in [5.41, 5.74) is 1.94. The Labute approximate surface area is 124 Å². The van der Waals surface area contributed by atoms with E-state index in [4.69, 9.17) is 0 Å². The highest BCUT2D eigenvalue weighted by atomic mass is 19.1. The zero-order valence-corrected chi connectivity index (χ0v) is 12.3. The molecule has 3 rings (SSSR count). The molecule has 1 aromatic heterocycles. The number of nitrogens with one attached hydrogen (secondary N) is 1. The van der Waals surface area contributed by atoms with Crippen LogP contribution in [-0.2, 0) is 19.6 Å². The Morgan fingerprint density at radius 1 is 1.29 bits per heavy atom. The van der Waals surface area contributed by atoms with E-state index in [1.165, 1.54) is 0 Å². The average Bonchev–Trinajstić information content (AvgIpc) is 2.94. The van der Waals surface area contributed by atoms with Gasteiger partial charge in [-0.15, -0.1) is 0 Å². The first-order valence-corrected chi connectivity index (χ1v) is 7.51. The zero-order chi connectivity index (χ0) is 14.7. The summed E-state index contributed by atoms with van der Waals surface area (Å²) >= 11 is 0. The van der Waals surface area contributed by atoms with E-state index in [2.05, 4.69) is 32.8 Å². The average molecular weight is 288 g/mol. The maximum atomic E-state index is 13.9. The van der Waals surface area contributed by atoms with Crippen LogP contribution < -0.4 is 10.2 Å². The summed E-state index contributed by atoms with van der Waals surface area (Å²) < 4.78 is 16.0. The third kappa shape index (κ3) is 3.24. The van der Waals surface area contributed by atoms with Crippen molar-refractivity contribution in [2.45, 2.75) is 33.0 Å². The van der Waals surface area contributed by atoms with Gasteiger partial charge in [0.15, 0.2) is 0 Å². The van der Waals surface area contributed by atoms with E-state index in [0.29, 0.717) is 6.54 Å². The Balaban J connectivity index is 1.76. The summed E-state index contributed by atoms with van der Waals surface area (Å²) in [7, 11) is 0. The van der Waals surface area contributed by atoms with Crippen molar-refractivity contribution < 1.29 is 4.39 Å². The monoisotopic (exact) mass is 288 g/mol. The Hall–Kier alpha value is -1.88. The fourth-order valence-corrected chi connectivity index (χ4v) is 2.72. The first-order chi connectivity index (χ1) is 10.3. The van der Waals surface area contributed by atoms with Crippen LogP contribution >= 0.6 is 0 Å². The van der Waals surface area contributed by atoms with Gasteiger partial charge in [-0.3, -0.25) is 0 Å². The topological polar surface area (TPSA) is 33.1 Å². The normalized spacial score (nSPS) is 14.3. The highest BCUT2D eigenvalue weighted by Gasteiger charge is 2.17. The highest BCUT2D eigenvalue weighted by Crippen LogP contribution is 2.23. The van der Waals surface area contributed by atoms with Gasteiger partial charge in [-0.2, -0.15) is 0 Å². The molecule has 0 fully saturated rings. The lowest BCUT2D eigenvalue weighted by Gasteiger charge is -2.30. The van der Waals surface area contributed by atoms with Gasteiger partial charge in [0, 0.05) is 37.7 Å². The van der Waals surface area contributed by atoms with Crippen LogP contribution in [0.1, 0.15) is 24.7 Å². The highest BCUT2D eigenvalue weighted by molar-refractivity contribution is 5.49. The molecule has 21 heavy (non-hydrogen) atoms. The molecule has 0 unspecified atom stereocenters. The molecule has 0 amide bonds. The molecule has 2 heterocycles. The number of anilines is 1. The predicted molar refractivity (Wildman–Crippen MR) is 81.7 cm³/mol. The van der Waals surface area contributed by atoms with Gasteiger partial charge in [-0.05, 0) is 36.7 Å². The fraction of sp³-hybridized carbons (Fsp3) is 0.438. The summed E-state index contributed by atoms with van der Waals surface area (Å²) in [5, 5.41) is 3.32. The van der Waals surface area contributed by atoms with Crippen LogP contribution in [0.15, 0.2) is 30.6 Å². The van der Waals surface area contributed by atoms with E-state index < -0.39 is 0 Å². The SMILES string of the molecule is CCCNCc1cc(F)cc(N2CCn3ccnc3C2)c1. The van der Waals surface area contributed by atoms with Gasteiger partial charge in [-0.1, -0.05) is 6.92 Å². The second-order valence-electron chi connectivity index (χ2n) is 5.45. The number of hydrogen-bond donors (Lipinski definition) is 1. The van der Waals surface area contributed by atoms with Crippen molar-refractivity contribution in [3.63, 3.8) is 0 Å². The van der Waals surface area contributed by atoms with Crippen molar-refractivity contribution in [2.75, 3.05) is 18.0 Å². The third-order valence-corrected chi connectivity index (χ3v) is 3.81. The quantitative estimate of drug-likeness (QED) is 0.858. The molecule has 0 saturated heterocycles. The molecule has 112 valence electrons. The molecule has 0 radical (unpaired) electrons. The molecule has 4 nitrogen and oxygen atoms in total. The number of rotatable bonds is 5. The Kier molecular flexibility index (Phi) is 4.20. The largest absolute Gasteiger partial charge is 0.362 e. The molecule has 0 spiro atoms. The Bertz CT molecular complexity index is 608. The molecule has 1 N–H and O–H groups in total. The maximum absolute atomic E-state index is 13.9. The molecule has 0 saturated carbocycles. The predicted octanol–water partition coefficient (Wildman–Crippen LogP) is 2.54. The van der Waals surface area contributed by atoms with E-state index in [-0.39, 0.29) is 5.82 Å². The van der Waals surface area contributed by atoms with Crippen LogP contribution in [-0.4, -0.2) is 22.6 Å². The zero-order valence-electron chi connectivity index (χ0n) is 12.3. The van der Waals surface area contributed by atoms with Crippen LogP contribution in [0.2, 0.25) is 0 Å². The van der Waals surface area contributed by atoms with Crippen LogP contribution in [0.25, 0.3) is 0 Å². The number of hydrogen-bond acceptors (Lipinski definition) is 3. The summed E-state index contributed by atoms with van der Waals surface area (Å²) in [6.07, 6.45) is 4.90. The minimum absolute atomic E-state index is 0.172. The van der Waals surface area contributed by atoms with Crippen molar-refractivity contribution >= 4 is 5.69 Å². The van der Waals surface area contributed by atoms with Crippen molar-refractivity contribution in [3.8, 4) is 0 Å². The number of nitrogens with zero attached hydrogens (tertiary/aromatic N) is 3. The van der Waals surface area contributed by atoms with Crippen LogP contribution in [0.5, 0.6) is 0 Å². The van der Waals surface area contributed by atoms with Crippen molar-refractivity contribution in [3.05, 3.63) is 47.8 Å². The van der Waals surface area contributed by atoms with Crippen LogP contribution in [0.4, 0.5) is 10.1 Å². The number of fused-ring (bicyclic) bond motifs is 1. The molecule has 5 heteroatoms. The Morgan fingerprint density at radius 2 is 2.19 bits per heavy atom. The summed E-state index contributed by atoms with van der Waals surface area (Å²) in [5.74, 6) is 0.867. The molecule has 1 aliphatic heterocycles. The number of imidazole rings is 1. The molecular weight excluding hydrogens is 267 g/mol. The van der Waals surface area contributed by atoms with Gasteiger partial charge in [0.1, 0.15) is 11.6 Å². The number of halogens is 1. The van der Waals surface area contributed by atoms with Gasteiger partial charge in [-0.25, -0.2) is 9.37 Å². The molecular formula is C16H21FN4. The third-order valence-electron chi connectivity index (χ3n) is 3.81. The van der Waals surface area contributed by atoms with Crippen molar-refractivity contribution in [2.24, 2.45) is 0 Å². The molecule has 1 aliphatic rings. The van der Waals surface area contributed by atoms with Crippen LogP contribution in [0.3, 0.4) is 0 Å². The van der Waals surface area contributed by atoms with Crippen molar-refractivity contribution in [1.29, 1.82) is 0 Å². The standard InChI is InChI=1S/C16H21FN4/c1-2-3-18-11-13-8-14(17)10-15(9-13)21-7-6-20-5-4-19-16(20)12-21/h4-5,8-10,18H,2-3,6-7,11-12H2,1H3. The maximum Gasteiger partial charge on any atom is 0.128 e. The lowest BCUT2D eigenvalue weighted by atomic mass is 10.1. The molecule has 0 bridgehead atoms. The number of aromatic nitrogens is 2. The van der Waals surface area contributed by atoms with E-state index >= 15 is 0 Å². The van der Waals surface area contributed by atoms with E-state index in [1.54, 1.807) is 12.1 Å². The minimum Gasteiger partial charge on any atom is -0.362 e. The second kappa shape index (κ2) is 6.26. The molecule has 0 atom stereocenters. The van der Waals surface area contributed by atoms with E-state index in [1.807, 2.05) is 12.4 Å². The first-order valence-electron chi connectivity index (χ1n) is 7.51. The summed E-state index contributed by atoms with van der Waals surface area (Å²) in [4.78, 5) is 6.54. The van der Waals surface area contributed by atoms with Gasteiger partial charge in [0.25, 0.3) is 0 Å². The smallest absolute Gasteiger partial charge is 0.128 e. The molecule has 1 aromatic carbocycles.